The molecular formula is C21H21FN4O3S2. The summed E-state index contributed by atoms with van der Waals surface area (Å²) in [4.78, 5) is 12.7. The molecule has 2 heterocycles. The topological polar surface area (TPSA) is 92.3 Å². The Labute approximate surface area is 184 Å². The first-order valence-corrected chi connectivity index (χ1v) is 12.1. The zero-order valence-corrected chi connectivity index (χ0v) is 18.4. The van der Waals surface area contributed by atoms with Crippen LogP contribution in [0.2, 0.25) is 0 Å². The predicted octanol–water partition coefficient (Wildman–Crippen LogP) is 3.81. The Morgan fingerprint density at radius 3 is 2.55 bits per heavy atom. The van der Waals surface area contributed by atoms with E-state index in [1.165, 1.54) is 28.6 Å². The molecule has 162 valence electrons. The first kappa shape index (κ1) is 21.5. The molecule has 7 nitrogen and oxygen atoms in total. The van der Waals surface area contributed by atoms with Crippen molar-refractivity contribution in [3.8, 4) is 0 Å². The van der Waals surface area contributed by atoms with Gasteiger partial charge in [0.1, 0.15) is 10.8 Å². The first-order chi connectivity index (χ1) is 14.8. The van der Waals surface area contributed by atoms with Gasteiger partial charge in [-0.05, 0) is 56.2 Å². The van der Waals surface area contributed by atoms with Crippen molar-refractivity contribution in [2.75, 3.05) is 18.4 Å². The molecule has 0 spiro atoms. The highest BCUT2D eigenvalue weighted by molar-refractivity contribution is 7.89. The van der Waals surface area contributed by atoms with Gasteiger partial charge >= 0.3 is 0 Å². The van der Waals surface area contributed by atoms with E-state index in [0.29, 0.717) is 30.2 Å². The molecule has 31 heavy (non-hydrogen) atoms. The zero-order valence-electron chi connectivity index (χ0n) is 16.8. The van der Waals surface area contributed by atoms with Gasteiger partial charge in [0, 0.05) is 24.7 Å². The summed E-state index contributed by atoms with van der Waals surface area (Å²) in [6, 6.07) is 12.2. The second-order valence-corrected chi connectivity index (χ2v) is 10.4. The standard InChI is InChI=1S/C21H21FN4O3S2/c1-14-4-10-18(11-5-14)31(28,29)26-12-2-3-15(13-26)20-24-25-21(30-20)19(27)23-17-8-6-16(22)7-9-17/h4-11,15H,2-3,12-13H2,1H3,(H,23,27)/t15-/m0/s1. The molecule has 0 unspecified atom stereocenters. The molecule has 1 aliphatic rings. The molecular weight excluding hydrogens is 439 g/mol. The maximum Gasteiger partial charge on any atom is 0.286 e. The fourth-order valence-electron chi connectivity index (χ4n) is 3.43. The SMILES string of the molecule is Cc1ccc(S(=O)(=O)N2CCC[C@H](c3nnc(C(=O)Nc4ccc(F)cc4)s3)C2)cc1. The van der Waals surface area contributed by atoms with Crippen molar-refractivity contribution in [1.82, 2.24) is 14.5 Å². The van der Waals surface area contributed by atoms with E-state index in [2.05, 4.69) is 15.5 Å². The van der Waals surface area contributed by atoms with Crippen molar-refractivity contribution in [3.63, 3.8) is 0 Å². The van der Waals surface area contributed by atoms with E-state index in [9.17, 15) is 17.6 Å². The van der Waals surface area contributed by atoms with Crippen LogP contribution in [0.4, 0.5) is 10.1 Å². The quantitative estimate of drug-likeness (QED) is 0.625. The second kappa shape index (κ2) is 8.81. The van der Waals surface area contributed by atoms with E-state index in [-0.39, 0.29) is 15.8 Å². The van der Waals surface area contributed by atoms with Gasteiger partial charge in [0.25, 0.3) is 5.91 Å². The normalized spacial score (nSPS) is 17.4. The summed E-state index contributed by atoms with van der Waals surface area (Å²) in [5.74, 6) is -0.951. The van der Waals surface area contributed by atoms with E-state index in [1.807, 2.05) is 6.92 Å². The number of piperidine rings is 1. The summed E-state index contributed by atoms with van der Waals surface area (Å²) in [7, 11) is -3.59. The molecule has 0 saturated carbocycles. The Bertz CT molecular complexity index is 1180. The van der Waals surface area contributed by atoms with Gasteiger partial charge in [-0.25, -0.2) is 12.8 Å². The monoisotopic (exact) mass is 460 g/mol. The Hall–Kier alpha value is -2.69. The number of aryl methyl sites for hydroxylation is 1. The number of nitrogens with zero attached hydrogens (tertiary/aromatic N) is 3. The number of anilines is 1. The van der Waals surface area contributed by atoms with Gasteiger partial charge in [-0.3, -0.25) is 4.79 Å². The van der Waals surface area contributed by atoms with Crippen molar-refractivity contribution < 1.29 is 17.6 Å². The predicted molar refractivity (Wildman–Crippen MR) is 116 cm³/mol. The minimum atomic E-state index is -3.59. The van der Waals surface area contributed by atoms with E-state index in [1.54, 1.807) is 24.3 Å². The van der Waals surface area contributed by atoms with E-state index >= 15 is 0 Å². The van der Waals surface area contributed by atoms with Crippen LogP contribution < -0.4 is 5.32 Å². The number of carbonyl (C=O) groups excluding carboxylic acids is 1. The van der Waals surface area contributed by atoms with Gasteiger partial charge in [-0.2, -0.15) is 4.31 Å². The van der Waals surface area contributed by atoms with Crippen LogP contribution in [0.15, 0.2) is 53.4 Å². The van der Waals surface area contributed by atoms with Crippen molar-refractivity contribution in [3.05, 3.63) is 69.9 Å². The van der Waals surface area contributed by atoms with Crippen LogP contribution in [0, 0.1) is 12.7 Å². The molecule has 3 aromatic rings. The molecule has 1 saturated heterocycles. The molecule has 4 rings (SSSR count). The van der Waals surface area contributed by atoms with Gasteiger partial charge in [0.15, 0.2) is 0 Å². The largest absolute Gasteiger partial charge is 0.320 e. The summed E-state index contributed by atoms with van der Waals surface area (Å²) < 4.78 is 40.5. The van der Waals surface area contributed by atoms with Crippen LogP contribution in [0.1, 0.15) is 39.1 Å². The van der Waals surface area contributed by atoms with E-state index < -0.39 is 21.7 Å². The number of hydrogen-bond acceptors (Lipinski definition) is 6. The van der Waals surface area contributed by atoms with Crippen LogP contribution in [0.25, 0.3) is 0 Å². The van der Waals surface area contributed by atoms with Gasteiger partial charge in [0.2, 0.25) is 15.0 Å². The lowest BCUT2D eigenvalue weighted by Crippen LogP contribution is -2.39. The number of nitrogens with one attached hydrogen (secondary N) is 1. The fourth-order valence-corrected chi connectivity index (χ4v) is 5.82. The lowest BCUT2D eigenvalue weighted by molar-refractivity contribution is 0.102. The number of benzene rings is 2. The number of sulfonamides is 1. The molecule has 2 aromatic carbocycles. The van der Waals surface area contributed by atoms with Crippen LogP contribution in [-0.4, -0.2) is 41.9 Å². The molecule has 1 N–H and O–H groups in total. The lowest BCUT2D eigenvalue weighted by Gasteiger charge is -2.30. The van der Waals surface area contributed by atoms with Crippen LogP contribution >= 0.6 is 11.3 Å². The maximum absolute atomic E-state index is 13.0. The van der Waals surface area contributed by atoms with E-state index in [4.69, 9.17) is 0 Å². The molecule has 0 radical (unpaired) electrons. The Kier molecular flexibility index (Phi) is 6.12. The lowest BCUT2D eigenvalue weighted by atomic mass is 10.0. The van der Waals surface area contributed by atoms with Crippen molar-refractivity contribution in [1.29, 1.82) is 0 Å². The molecule has 10 heteroatoms. The van der Waals surface area contributed by atoms with Crippen LogP contribution in [0.3, 0.4) is 0 Å². The third-order valence-electron chi connectivity index (χ3n) is 5.13. The summed E-state index contributed by atoms with van der Waals surface area (Å²) in [5, 5.41) is 11.6. The Morgan fingerprint density at radius 1 is 1.13 bits per heavy atom. The van der Waals surface area contributed by atoms with Crippen LogP contribution in [-0.2, 0) is 10.0 Å². The van der Waals surface area contributed by atoms with Gasteiger partial charge in [-0.15, -0.1) is 10.2 Å². The molecule has 1 aromatic heterocycles. The Balaban J connectivity index is 1.46. The minimum Gasteiger partial charge on any atom is -0.320 e. The third-order valence-corrected chi connectivity index (χ3v) is 8.09. The van der Waals surface area contributed by atoms with Crippen molar-refractivity contribution >= 4 is 33.0 Å². The highest BCUT2D eigenvalue weighted by Crippen LogP contribution is 2.32. The highest BCUT2D eigenvalue weighted by atomic mass is 32.2. The van der Waals surface area contributed by atoms with Crippen LogP contribution in [0.5, 0.6) is 0 Å². The van der Waals surface area contributed by atoms with Gasteiger partial charge < -0.3 is 5.32 Å². The summed E-state index contributed by atoms with van der Waals surface area (Å²) >= 11 is 1.15. The number of hydrogen-bond donors (Lipinski definition) is 1. The third kappa shape index (κ3) is 4.81. The summed E-state index contributed by atoms with van der Waals surface area (Å²) in [5.41, 5.74) is 1.45. The zero-order chi connectivity index (χ0) is 22.0. The molecule has 1 fully saturated rings. The molecule has 1 atom stereocenters. The summed E-state index contributed by atoms with van der Waals surface area (Å²) in [6.45, 7) is 2.65. The smallest absolute Gasteiger partial charge is 0.286 e. The number of halogens is 1. The fraction of sp³-hybridized carbons (Fsp3) is 0.286. The number of rotatable bonds is 5. The Morgan fingerprint density at radius 2 is 1.84 bits per heavy atom. The molecule has 0 bridgehead atoms. The second-order valence-electron chi connectivity index (χ2n) is 7.42. The minimum absolute atomic E-state index is 0.126. The first-order valence-electron chi connectivity index (χ1n) is 9.80. The maximum atomic E-state index is 13.0. The van der Waals surface area contributed by atoms with Gasteiger partial charge in [0.05, 0.1) is 4.90 Å². The average Bonchev–Trinajstić information content (AvgIpc) is 3.26. The van der Waals surface area contributed by atoms with Gasteiger partial charge in [-0.1, -0.05) is 29.0 Å². The molecule has 1 aliphatic heterocycles. The number of aromatic nitrogens is 2. The van der Waals surface area contributed by atoms with Crippen molar-refractivity contribution in [2.24, 2.45) is 0 Å². The van der Waals surface area contributed by atoms with Crippen molar-refractivity contribution in [2.45, 2.75) is 30.6 Å². The van der Waals surface area contributed by atoms with E-state index in [0.717, 1.165) is 23.3 Å². The highest BCUT2D eigenvalue weighted by Gasteiger charge is 2.32. The molecule has 1 amide bonds. The molecule has 0 aliphatic carbocycles. The average molecular weight is 461 g/mol. The summed E-state index contributed by atoms with van der Waals surface area (Å²) in [6.07, 6.45) is 1.47. The number of amides is 1. The number of carbonyl (C=O) groups is 1.